The number of hydrogen-bond donors (Lipinski definition) is 2. The van der Waals surface area contributed by atoms with E-state index in [2.05, 4.69) is 5.32 Å². The fraction of sp³-hybridized carbons (Fsp3) is 0.333. The molecule has 0 bridgehead atoms. The van der Waals surface area contributed by atoms with Gasteiger partial charge >= 0.3 is 5.97 Å². The van der Waals surface area contributed by atoms with E-state index in [0.717, 1.165) is 23.7 Å². The molecule has 1 aromatic carbocycles. The molecule has 0 saturated carbocycles. The summed E-state index contributed by atoms with van der Waals surface area (Å²) in [4.78, 5) is 36.7. The molecule has 1 aliphatic heterocycles. The summed E-state index contributed by atoms with van der Waals surface area (Å²) in [6.07, 6.45) is 3.83. The zero-order valence-corrected chi connectivity index (χ0v) is 16.8. The zero-order valence-electron chi connectivity index (χ0n) is 14.4. The highest BCUT2D eigenvalue weighted by molar-refractivity contribution is 8.26. The molecule has 9 heteroatoms. The Bertz CT molecular complexity index is 765. The number of carboxylic acid groups (broad SMARTS) is 1. The molecule has 1 heterocycles. The van der Waals surface area contributed by atoms with E-state index in [1.165, 1.54) is 4.90 Å². The normalized spacial score (nSPS) is 15.4. The lowest BCUT2D eigenvalue weighted by Crippen LogP contribution is -2.39. The minimum Gasteiger partial charge on any atom is -0.481 e. The molecule has 2 rings (SSSR count). The third-order valence-corrected chi connectivity index (χ3v) is 5.36. The lowest BCUT2D eigenvalue weighted by atomic mass is 10.2. The number of carboxylic acids is 1. The van der Waals surface area contributed by atoms with Crippen molar-refractivity contribution in [3.8, 4) is 0 Å². The number of hydrogen-bond acceptors (Lipinski definition) is 5. The molecule has 1 saturated heterocycles. The fourth-order valence-electron chi connectivity index (χ4n) is 2.35. The Kier molecular flexibility index (Phi) is 8.27. The third kappa shape index (κ3) is 6.97. The van der Waals surface area contributed by atoms with E-state index in [9.17, 15) is 14.4 Å². The second kappa shape index (κ2) is 10.4. The molecule has 144 valence electrons. The van der Waals surface area contributed by atoms with Gasteiger partial charge in [-0.15, -0.1) is 0 Å². The van der Waals surface area contributed by atoms with E-state index in [1.54, 1.807) is 30.3 Å². The molecule has 2 amide bonds. The van der Waals surface area contributed by atoms with Crippen LogP contribution in [-0.2, 0) is 14.4 Å². The van der Waals surface area contributed by atoms with Crippen molar-refractivity contribution in [1.29, 1.82) is 0 Å². The van der Waals surface area contributed by atoms with Gasteiger partial charge in [-0.05, 0) is 36.6 Å². The Balaban J connectivity index is 1.81. The molecule has 1 aromatic rings. The van der Waals surface area contributed by atoms with Gasteiger partial charge in [-0.25, -0.2) is 0 Å². The van der Waals surface area contributed by atoms with Crippen molar-refractivity contribution < 1.29 is 19.5 Å². The van der Waals surface area contributed by atoms with Crippen molar-refractivity contribution in [3.63, 3.8) is 0 Å². The molecule has 27 heavy (non-hydrogen) atoms. The summed E-state index contributed by atoms with van der Waals surface area (Å²) < 4.78 is 0.344. The molecular weight excluding hydrogens is 408 g/mol. The summed E-state index contributed by atoms with van der Waals surface area (Å²) in [6.45, 7) is 0.311. The van der Waals surface area contributed by atoms with Crippen LogP contribution in [0.1, 0.15) is 31.2 Å². The van der Waals surface area contributed by atoms with E-state index < -0.39 is 5.97 Å². The molecule has 1 aliphatic rings. The van der Waals surface area contributed by atoms with E-state index >= 15 is 0 Å². The summed E-state index contributed by atoms with van der Waals surface area (Å²) in [6, 6.07) is 7.06. The standard InChI is InChI=1S/C18H19ClN2O4S2/c19-13-7-5-12(6-8-13)10-14-17(25)21(18(26)27-14)11-15(22)20-9-3-1-2-4-16(23)24/h5-8,10H,1-4,9,11H2,(H,20,22)(H,23,24)/b14-10-. The molecule has 2 N–H and O–H groups in total. The zero-order chi connectivity index (χ0) is 19.8. The first kappa shape index (κ1) is 21.4. The number of rotatable bonds is 9. The summed E-state index contributed by atoms with van der Waals surface area (Å²) >= 11 is 12.2. The second-order valence-corrected chi connectivity index (χ2v) is 7.99. The maximum absolute atomic E-state index is 12.5. The molecule has 1 fully saturated rings. The second-order valence-electron chi connectivity index (χ2n) is 5.87. The van der Waals surface area contributed by atoms with Gasteiger partial charge in [0.1, 0.15) is 10.9 Å². The van der Waals surface area contributed by atoms with Gasteiger partial charge < -0.3 is 10.4 Å². The first-order valence-corrected chi connectivity index (χ1v) is 9.96. The van der Waals surface area contributed by atoms with Gasteiger partial charge in [0.2, 0.25) is 5.91 Å². The third-order valence-electron chi connectivity index (χ3n) is 3.73. The van der Waals surface area contributed by atoms with E-state index in [4.69, 9.17) is 28.9 Å². The lowest BCUT2D eigenvalue weighted by Gasteiger charge is -2.14. The SMILES string of the molecule is O=C(O)CCCCCNC(=O)CN1C(=O)/C(=C/c2ccc(Cl)cc2)SC1=S. The van der Waals surface area contributed by atoms with Crippen LogP contribution in [0.3, 0.4) is 0 Å². The Morgan fingerprint density at radius 2 is 1.93 bits per heavy atom. The van der Waals surface area contributed by atoms with Crippen molar-refractivity contribution in [2.24, 2.45) is 0 Å². The lowest BCUT2D eigenvalue weighted by molar-refractivity contribution is -0.137. The topological polar surface area (TPSA) is 86.7 Å². The van der Waals surface area contributed by atoms with Gasteiger partial charge in [-0.3, -0.25) is 19.3 Å². The molecular formula is C18H19ClN2O4S2. The molecule has 0 unspecified atom stereocenters. The average molecular weight is 427 g/mol. The van der Waals surface area contributed by atoms with E-state index in [-0.39, 0.29) is 24.8 Å². The molecule has 6 nitrogen and oxygen atoms in total. The smallest absolute Gasteiger partial charge is 0.303 e. The maximum atomic E-state index is 12.5. The van der Waals surface area contributed by atoms with Gasteiger partial charge in [-0.1, -0.05) is 54.1 Å². The van der Waals surface area contributed by atoms with Crippen LogP contribution in [0.15, 0.2) is 29.2 Å². The number of carbonyl (C=O) groups is 3. The number of thioether (sulfide) groups is 1. The number of amides is 2. The van der Waals surface area contributed by atoms with E-state index in [0.29, 0.717) is 33.6 Å². The highest BCUT2D eigenvalue weighted by Gasteiger charge is 2.33. The van der Waals surface area contributed by atoms with Gasteiger partial charge in [0.25, 0.3) is 5.91 Å². The maximum Gasteiger partial charge on any atom is 0.303 e. The van der Waals surface area contributed by atoms with Gasteiger partial charge in [0.05, 0.1) is 4.91 Å². The summed E-state index contributed by atoms with van der Waals surface area (Å²) in [5.74, 6) is -1.41. The predicted octanol–water partition coefficient (Wildman–Crippen LogP) is 3.30. The average Bonchev–Trinajstić information content (AvgIpc) is 2.87. The number of aliphatic carboxylic acids is 1. The number of unbranched alkanes of at least 4 members (excludes halogenated alkanes) is 2. The van der Waals surface area contributed by atoms with Gasteiger partial charge in [0.15, 0.2) is 0 Å². The molecule has 0 atom stereocenters. The van der Waals surface area contributed by atoms with Gasteiger partial charge in [0, 0.05) is 18.0 Å². The first-order chi connectivity index (χ1) is 12.9. The fourth-order valence-corrected chi connectivity index (χ4v) is 3.73. The highest BCUT2D eigenvalue weighted by atomic mass is 35.5. The van der Waals surface area contributed by atoms with Crippen molar-refractivity contribution in [2.75, 3.05) is 13.1 Å². The van der Waals surface area contributed by atoms with Crippen LogP contribution >= 0.6 is 35.6 Å². The van der Waals surface area contributed by atoms with Crippen LogP contribution in [0.25, 0.3) is 6.08 Å². The van der Waals surface area contributed by atoms with Crippen LogP contribution in [-0.4, -0.2) is 45.2 Å². The number of nitrogens with zero attached hydrogens (tertiary/aromatic N) is 1. The van der Waals surface area contributed by atoms with Crippen LogP contribution in [0.2, 0.25) is 5.02 Å². The van der Waals surface area contributed by atoms with Crippen LogP contribution in [0, 0.1) is 0 Å². The molecule has 0 aromatic heterocycles. The number of halogens is 1. The van der Waals surface area contributed by atoms with Crippen LogP contribution in [0.4, 0.5) is 0 Å². The van der Waals surface area contributed by atoms with Crippen LogP contribution < -0.4 is 5.32 Å². The minimum atomic E-state index is -0.819. The number of thiocarbonyl (C=S) groups is 1. The highest BCUT2D eigenvalue weighted by Crippen LogP contribution is 2.32. The Morgan fingerprint density at radius 3 is 2.59 bits per heavy atom. The van der Waals surface area contributed by atoms with Crippen LogP contribution in [0.5, 0.6) is 0 Å². The number of benzene rings is 1. The summed E-state index contributed by atoms with van der Waals surface area (Å²) in [5.41, 5.74) is 0.825. The minimum absolute atomic E-state index is 0.127. The van der Waals surface area contributed by atoms with Crippen molar-refractivity contribution in [1.82, 2.24) is 10.2 Å². The Morgan fingerprint density at radius 1 is 1.22 bits per heavy atom. The predicted molar refractivity (Wildman–Crippen MR) is 110 cm³/mol. The molecule has 0 radical (unpaired) electrons. The number of carbonyl (C=O) groups excluding carboxylic acids is 2. The van der Waals surface area contributed by atoms with Crippen molar-refractivity contribution in [2.45, 2.75) is 25.7 Å². The summed E-state index contributed by atoms with van der Waals surface area (Å²) in [7, 11) is 0. The summed E-state index contributed by atoms with van der Waals surface area (Å²) in [5, 5.41) is 11.9. The largest absolute Gasteiger partial charge is 0.481 e. The number of nitrogens with one attached hydrogen (secondary N) is 1. The molecule has 0 spiro atoms. The quantitative estimate of drug-likeness (QED) is 0.358. The molecule has 0 aliphatic carbocycles. The van der Waals surface area contributed by atoms with Gasteiger partial charge in [-0.2, -0.15) is 0 Å². The Labute approximate surface area is 171 Å². The van der Waals surface area contributed by atoms with Crippen molar-refractivity contribution in [3.05, 3.63) is 39.8 Å². The monoisotopic (exact) mass is 426 g/mol. The first-order valence-electron chi connectivity index (χ1n) is 8.36. The van der Waals surface area contributed by atoms with Crippen molar-refractivity contribution >= 4 is 63.8 Å². The van der Waals surface area contributed by atoms with E-state index in [1.807, 2.05) is 0 Å². The Hall–Kier alpha value is -1.90.